The van der Waals surface area contributed by atoms with Gasteiger partial charge in [-0.25, -0.2) is 18.1 Å². The Kier molecular flexibility index (Phi) is 3.37. The van der Waals surface area contributed by atoms with E-state index in [2.05, 4.69) is 15.4 Å². The van der Waals surface area contributed by atoms with Gasteiger partial charge in [0, 0.05) is 24.5 Å². The highest BCUT2D eigenvalue weighted by molar-refractivity contribution is 7.91. The van der Waals surface area contributed by atoms with Crippen LogP contribution >= 0.6 is 0 Å². The number of rotatable bonds is 3. The van der Waals surface area contributed by atoms with Crippen LogP contribution in [0.2, 0.25) is 0 Å². The molecule has 0 amide bonds. The molecule has 0 spiro atoms. The molecule has 7 heteroatoms. The van der Waals surface area contributed by atoms with Gasteiger partial charge in [-0.2, -0.15) is 5.10 Å². The molecule has 2 aromatic rings. The molecule has 0 atom stereocenters. The standard InChI is InChI=1S/C13H18N4O2S/c1-2-17-13-11(9-15-17)12(3-6-14-13)16-10-4-7-20(18,19)8-5-10/h3,6,9-10H,2,4-5,7-8H2,1H3,(H,14,16). The number of sulfone groups is 1. The molecule has 1 fully saturated rings. The Hall–Kier alpha value is -1.63. The molecule has 1 saturated heterocycles. The Morgan fingerprint density at radius 1 is 1.40 bits per heavy atom. The van der Waals surface area contributed by atoms with Gasteiger partial charge in [-0.05, 0) is 25.8 Å². The minimum absolute atomic E-state index is 0.203. The second-order valence-electron chi connectivity index (χ2n) is 5.13. The van der Waals surface area contributed by atoms with Crippen LogP contribution in [0.3, 0.4) is 0 Å². The van der Waals surface area contributed by atoms with Crippen molar-refractivity contribution < 1.29 is 8.42 Å². The number of aromatic nitrogens is 3. The van der Waals surface area contributed by atoms with Crippen LogP contribution in [0.15, 0.2) is 18.5 Å². The van der Waals surface area contributed by atoms with E-state index in [9.17, 15) is 8.42 Å². The number of fused-ring (bicyclic) bond motifs is 1. The highest BCUT2D eigenvalue weighted by atomic mass is 32.2. The van der Waals surface area contributed by atoms with Crippen molar-refractivity contribution >= 4 is 26.6 Å². The summed E-state index contributed by atoms with van der Waals surface area (Å²) in [6.45, 7) is 2.81. The number of aryl methyl sites for hydroxylation is 1. The first-order valence-electron chi connectivity index (χ1n) is 6.86. The lowest BCUT2D eigenvalue weighted by atomic mass is 10.1. The van der Waals surface area contributed by atoms with Crippen molar-refractivity contribution in [1.82, 2.24) is 14.8 Å². The zero-order valence-electron chi connectivity index (χ0n) is 11.4. The SMILES string of the molecule is CCn1ncc2c(NC3CCS(=O)(=O)CC3)ccnc21. The van der Waals surface area contributed by atoms with Gasteiger partial charge in [-0.1, -0.05) is 0 Å². The first-order chi connectivity index (χ1) is 9.59. The topological polar surface area (TPSA) is 76.9 Å². The van der Waals surface area contributed by atoms with Crippen molar-refractivity contribution in [3.8, 4) is 0 Å². The number of pyridine rings is 1. The molecule has 0 bridgehead atoms. The number of nitrogens with zero attached hydrogens (tertiary/aromatic N) is 3. The van der Waals surface area contributed by atoms with E-state index in [0.29, 0.717) is 12.8 Å². The van der Waals surface area contributed by atoms with E-state index < -0.39 is 9.84 Å². The minimum Gasteiger partial charge on any atom is -0.382 e. The molecule has 0 saturated carbocycles. The average molecular weight is 294 g/mol. The highest BCUT2D eigenvalue weighted by Gasteiger charge is 2.24. The van der Waals surface area contributed by atoms with Gasteiger partial charge >= 0.3 is 0 Å². The molecular weight excluding hydrogens is 276 g/mol. The van der Waals surface area contributed by atoms with Crippen molar-refractivity contribution in [2.24, 2.45) is 0 Å². The van der Waals surface area contributed by atoms with Crippen molar-refractivity contribution in [3.05, 3.63) is 18.5 Å². The highest BCUT2D eigenvalue weighted by Crippen LogP contribution is 2.24. The summed E-state index contributed by atoms with van der Waals surface area (Å²) in [6, 6.07) is 2.13. The first-order valence-corrected chi connectivity index (χ1v) is 8.68. The summed E-state index contributed by atoms with van der Waals surface area (Å²) in [5, 5.41) is 8.74. The molecular formula is C13H18N4O2S. The van der Waals surface area contributed by atoms with E-state index in [1.165, 1.54) is 0 Å². The minimum atomic E-state index is -2.82. The van der Waals surface area contributed by atoms with Crippen LogP contribution in [-0.4, -0.2) is 40.7 Å². The molecule has 2 aromatic heterocycles. The number of nitrogens with one attached hydrogen (secondary N) is 1. The maximum atomic E-state index is 11.5. The fraction of sp³-hybridized carbons (Fsp3) is 0.538. The molecule has 3 rings (SSSR count). The smallest absolute Gasteiger partial charge is 0.159 e. The van der Waals surface area contributed by atoms with Crippen molar-refractivity contribution in [1.29, 1.82) is 0 Å². The van der Waals surface area contributed by atoms with E-state index in [-0.39, 0.29) is 17.5 Å². The van der Waals surface area contributed by atoms with Gasteiger partial charge in [0.15, 0.2) is 5.65 Å². The van der Waals surface area contributed by atoms with Crippen LogP contribution in [-0.2, 0) is 16.4 Å². The van der Waals surface area contributed by atoms with Crippen molar-refractivity contribution in [3.63, 3.8) is 0 Å². The fourth-order valence-corrected chi connectivity index (χ4v) is 4.08. The number of hydrogen-bond donors (Lipinski definition) is 1. The van der Waals surface area contributed by atoms with Crippen LogP contribution in [0.25, 0.3) is 11.0 Å². The molecule has 1 aliphatic heterocycles. The lowest BCUT2D eigenvalue weighted by molar-refractivity contribution is 0.560. The average Bonchev–Trinajstić information content (AvgIpc) is 2.85. The number of anilines is 1. The lowest BCUT2D eigenvalue weighted by Gasteiger charge is -2.24. The van der Waals surface area contributed by atoms with Gasteiger partial charge < -0.3 is 5.32 Å². The van der Waals surface area contributed by atoms with E-state index in [4.69, 9.17) is 0 Å². The van der Waals surface area contributed by atoms with E-state index in [0.717, 1.165) is 23.3 Å². The molecule has 0 unspecified atom stereocenters. The summed E-state index contributed by atoms with van der Waals surface area (Å²) in [6.07, 6.45) is 4.90. The normalized spacial score (nSPS) is 19.2. The lowest BCUT2D eigenvalue weighted by Crippen LogP contribution is -2.32. The third-order valence-corrected chi connectivity index (χ3v) is 5.47. The summed E-state index contributed by atoms with van der Waals surface area (Å²) in [5.74, 6) is 0.542. The first kappa shape index (κ1) is 13.4. The van der Waals surface area contributed by atoms with Crippen LogP contribution in [0, 0.1) is 0 Å². The summed E-state index contributed by atoms with van der Waals surface area (Å²) < 4.78 is 24.8. The molecule has 6 nitrogen and oxygen atoms in total. The van der Waals surface area contributed by atoms with Crippen LogP contribution in [0.5, 0.6) is 0 Å². The van der Waals surface area contributed by atoms with Crippen molar-refractivity contribution in [2.75, 3.05) is 16.8 Å². The van der Waals surface area contributed by atoms with Gasteiger partial charge in [0.25, 0.3) is 0 Å². The zero-order chi connectivity index (χ0) is 14.2. The second kappa shape index (κ2) is 5.05. The van der Waals surface area contributed by atoms with Gasteiger partial charge in [0.05, 0.1) is 23.1 Å². The maximum Gasteiger partial charge on any atom is 0.159 e. The largest absolute Gasteiger partial charge is 0.382 e. The molecule has 0 aromatic carbocycles. The van der Waals surface area contributed by atoms with Gasteiger partial charge in [-0.15, -0.1) is 0 Å². The van der Waals surface area contributed by atoms with Gasteiger partial charge in [0.1, 0.15) is 9.84 Å². The van der Waals surface area contributed by atoms with E-state index in [1.807, 2.05) is 23.9 Å². The summed E-state index contributed by atoms with van der Waals surface area (Å²) >= 11 is 0. The third kappa shape index (κ3) is 2.49. The Labute approximate surface area is 118 Å². The molecule has 3 heterocycles. The molecule has 1 aliphatic rings. The predicted octanol–water partition coefficient (Wildman–Crippen LogP) is 1.44. The van der Waals surface area contributed by atoms with Crippen molar-refractivity contribution in [2.45, 2.75) is 32.4 Å². The summed E-state index contributed by atoms with van der Waals surface area (Å²) in [4.78, 5) is 4.35. The zero-order valence-corrected chi connectivity index (χ0v) is 12.2. The quantitative estimate of drug-likeness (QED) is 0.927. The second-order valence-corrected chi connectivity index (χ2v) is 7.43. The molecule has 0 aliphatic carbocycles. The summed E-state index contributed by atoms with van der Waals surface area (Å²) in [7, 11) is -2.82. The Morgan fingerprint density at radius 3 is 2.85 bits per heavy atom. The molecule has 0 radical (unpaired) electrons. The molecule has 108 valence electrons. The van der Waals surface area contributed by atoms with Gasteiger partial charge in [-0.3, -0.25) is 0 Å². The van der Waals surface area contributed by atoms with Gasteiger partial charge in [0.2, 0.25) is 0 Å². The predicted molar refractivity (Wildman–Crippen MR) is 78.5 cm³/mol. The van der Waals surface area contributed by atoms with E-state index >= 15 is 0 Å². The Bertz CT molecular complexity index is 709. The summed E-state index contributed by atoms with van der Waals surface area (Å²) in [5.41, 5.74) is 1.85. The van der Waals surface area contributed by atoms with Crippen LogP contribution < -0.4 is 5.32 Å². The van der Waals surface area contributed by atoms with E-state index in [1.54, 1.807) is 6.20 Å². The monoisotopic (exact) mass is 294 g/mol. The Balaban J connectivity index is 1.83. The fourth-order valence-electron chi connectivity index (χ4n) is 2.59. The Morgan fingerprint density at radius 2 is 2.15 bits per heavy atom. The molecule has 20 heavy (non-hydrogen) atoms. The third-order valence-electron chi connectivity index (χ3n) is 3.75. The van der Waals surface area contributed by atoms with Crippen LogP contribution in [0.4, 0.5) is 5.69 Å². The van der Waals surface area contributed by atoms with Crippen LogP contribution in [0.1, 0.15) is 19.8 Å². The maximum absolute atomic E-state index is 11.5. The molecule has 1 N–H and O–H groups in total. The number of hydrogen-bond acceptors (Lipinski definition) is 5.